The van der Waals surface area contributed by atoms with Gasteiger partial charge in [-0.15, -0.1) is 0 Å². The summed E-state index contributed by atoms with van der Waals surface area (Å²) in [6, 6.07) is 11.3. The third kappa shape index (κ3) is 3.84. The molecule has 0 bridgehead atoms. The van der Waals surface area contributed by atoms with E-state index in [1.807, 2.05) is 0 Å². The van der Waals surface area contributed by atoms with Crippen LogP contribution < -0.4 is 25.6 Å². The van der Waals surface area contributed by atoms with Crippen molar-refractivity contribution in [3.8, 4) is 11.5 Å². The third-order valence-corrected chi connectivity index (χ3v) is 4.26. The highest BCUT2D eigenvalue weighted by Gasteiger charge is 2.29. The van der Waals surface area contributed by atoms with Crippen LogP contribution in [0.3, 0.4) is 0 Å². The fourth-order valence-electron chi connectivity index (χ4n) is 2.62. The summed E-state index contributed by atoms with van der Waals surface area (Å²) in [6.45, 7) is 0.116. The summed E-state index contributed by atoms with van der Waals surface area (Å²) in [5.41, 5.74) is 5.89. The Labute approximate surface area is 154 Å². The van der Waals surface area contributed by atoms with Crippen LogP contribution in [-0.2, 0) is 4.79 Å². The largest absolute Gasteiger partial charge is 0.454 e. The molecule has 1 aliphatic carbocycles. The molecule has 138 valence electrons. The molecule has 8 heteroatoms. The first-order valence-corrected chi connectivity index (χ1v) is 8.51. The second-order valence-corrected chi connectivity index (χ2v) is 6.32. The van der Waals surface area contributed by atoms with Crippen LogP contribution >= 0.6 is 0 Å². The molecule has 0 saturated heterocycles. The number of benzene rings is 2. The smallest absolute Gasteiger partial charge is 0.269 e. The second kappa shape index (κ2) is 6.99. The van der Waals surface area contributed by atoms with Gasteiger partial charge in [0, 0.05) is 22.7 Å². The molecular weight excluding hydrogens is 350 g/mol. The van der Waals surface area contributed by atoms with Crippen LogP contribution in [0, 0.1) is 5.92 Å². The molecule has 3 amide bonds. The lowest BCUT2D eigenvalue weighted by molar-refractivity contribution is -0.117. The molecule has 1 saturated carbocycles. The SMILES string of the molecule is O=C(NNC(=O)c1ccc2c(c1)OCO2)c1cccc(NC(=O)C2CC2)c1. The minimum Gasteiger partial charge on any atom is -0.454 e. The number of amides is 3. The van der Waals surface area contributed by atoms with Crippen LogP contribution in [0.25, 0.3) is 0 Å². The molecule has 0 aromatic heterocycles. The number of hydrazine groups is 1. The van der Waals surface area contributed by atoms with Gasteiger partial charge in [0.2, 0.25) is 12.7 Å². The number of rotatable bonds is 4. The average Bonchev–Trinajstić information content (AvgIpc) is 3.43. The molecule has 1 aliphatic heterocycles. The second-order valence-electron chi connectivity index (χ2n) is 6.32. The quantitative estimate of drug-likeness (QED) is 0.715. The van der Waals surface area contributed by atoms with Gasteiger partial charge >= 0.3 is 0 Å². The maximum Gasteiger partial charge on any atom is 0.269 e. The Hall–Kier alpha value is -3.55. The number of anilines is 1. The van der Waals surface area contributed by atoms with E-state index in [0.717, 1.165) is 12.8 Å². The van der Waals surface area contributed by atoms with Crippen molar-refractivity contribution in [3.63, 3.8) is 0 Å². The van der Waals surface area contributed by atoms with Gasteiger partial charge < -0.3 is 14.8 Å². The Bertz CT molecular complexity index is 923. The van der Waals surface area contributed by atoms with Crippen molar-refractivity contribution in [1.29, 1.82) is 0 Å². The lowest BCUT2D eigenvalue weighted by Gasteiger charge is -2.09. The van der Waals surface area contributed by atoms with Crippen LogP contribution in [0.5, 0.6) is 11.5 Å². The number of carbonyl (C=O) groups excluding carboxylic acids is 3. The van der Waals surface area contributed by atoms with E-state index in [2.05, 4.69) is 16.2 Å². The van der Waals surface area contributed by atoms with Gasteiger partial charge in [0.15, 0.2) is 11.5 Å². The number of fused-ring (bicyclic) bond motifs is 1. The van der Waals surface area contributed by atoms with Gasteiger partial charge in [-0.25, -0.2) is 0 Å². The number of hydrogen-bond acceptors (Lipinski definition) is 5. The van der Waals surface area contributed by atoms with Crippen LogP contribution in [0.2, 0.25) is 0 Å². The van der Waals surface area contributed by atoms with Crippen molar-refractivity contribution >= 4 is 23.4 Å². The van der Waals surface area contributed by atoms with Gasteiger partial charge in [0.05, 0.1) is 0 Å². The topological polar surface area (TPSA) is 106 Å². The molecule has 1 heterocycles. The zero-order valence-corrected chi connectivity index (χ0v) is 14.3. The van der Waals surface area contributed by atoms with Crippen LogP contribution in [0.1, 0.15) is 33.6 Å². The molecule has 0 radical (unpaired) electrons. The van der Waals surface area contributed by atoms with E-state index in [4.69, 9.17) is 9.47 Å². The van der Waals surface area contributed by atoms with Crippen LogP contribution in [-0.4, -0.2) is 24.5 Å². The summed E-state index contributed by atoms with van der Waals surface area (Å²) in [7, 11) is 0. The fourth-order valence-corrected chi connectivity index (χ4v) is 2.62. The monoisotopic (exact) mass is 367 g/mol. The van der Waals surface area contributed by atoms with E-state index in [-0.39, 0.29) is 18.6 Å². The molecule has 2 aliphatic rings. The Kier molecular flexibility index (Phi) is 4.37. The van der Waals surface area contributed by atoms with Crippen LogP contribution in [0.15, 0.2) is 42.5 Å². The Morgan fingerprint density at radius 1 is 0.852 bits per heavy atom. The minimum absolute atomic E-state index is 0.0383. The summed E-state index contributed by atoms with van der Waals surface area (Å²) in [5, 5.41) is 2.78. The molecule has 1 fully saturated rings. The van der Waals surface area contributed by atoms with Crippen molar-refractivity contribution in [3.05, 3.63) is 53.6 Å². The van der Waals surface area contributed by atoms with Crippen molar-refractivity contribution < 1.29 is 23.9 Å². The average molecular weight is 367 g/mol. The maximum absolute atomic E-state index is 12.3. The number of carbonyl (C=O) groups is 3. The van der Waals surface area contributed by atoms with Gasteiger partial charge in [-0.05, 0) is 49.2 Å². The third-order valence-electron chi connectivity index (χ3n) is 4.26. The molecule has 0 unspecified atom stereocenters. The fraction of sp³-hybridized carbons (Fsp3) is 0.211. The zero-order chi connectivity index (χ0) is 18.8. The Balaban J connectivity index is 1.36. The summed E-state index contributed by atoms with van der Waals surface area (Å²) in [5.74, 6) is 0.104. The molecule has 2 aromatic carbocycles. The van der Waals surface area contributed by atoms with Crippen molar-refractivity contribution in [2.24, 2.45) is 5.92 Å². The highest BCUT2D eigenvalue weighted by Crippen LogP contribution is 2.32. The molecular formula is C19H17N3O5. The lowest BCUT2D eigenvalue weighted by Crippen LogP contribution is -2.41. The van der Waals surface area contributed by atoms with E-state index in [9.17, 15) is 14.4 Å². The standard InChI is InChI=1S/C19H17N3O5/c23-17(11-4-5-11)20-14-3-1-2-12(8-14)18(24)21-22-19(25)13-6-7-15-16(9-13)27-10-26-15/h1-3,6-9,11H,4-5,10H2,(H,20,23)(H,21,24)(H,22,25). The predicted molar refractivity (Wildman–Crippen MR) is 95.3 cm³/mol. The van der Waals surface area contributed by atoms with E-state index in [1.54, 1.807) is 36.4 Å². The minimum atomic E-state index is -0.494. The summed E-state index contributed by atoms with van der Waals surface area (Å²) in [6.07, 6.45) is 1.80. The molecule has 2 aromatic rings. The number of hydrogen-bond donors (Lipinski definition) is 3. The summed E-state index contributed by atoms with van der Waals surface area (Å²) >= 11 is 0. The lowest BCUT2D eigenvalue weighted by atomic mass is 10.2. The van der Waals surface area contributed by atoms with Gasteiger partial charge in [0.1, 0.15) is 0 Å². The van der Waals surface area contributed by atoms with E-state index >= 15 is 0 Å². The van der Waals surface area contributed by atoms with E-state index in [0.29, 0.717) is 28.3 Å². The van der Waals surface area contributed by atoms with Gasteiger partial charge in [-0.1, -0.05) is 6.07 Å². The first-order valence-electron chi connectivity index (χ1n) is 8.51. The zero-order valence-electron chi connectivity index (χ0n) is 14.3. The van der Waals surface area contributed by atoms with E-state index < -0.39 is 11.8 Å². The molecule has 4 rings (SSSR count). The van der Waals surface area contributed by atoms with Gasteiger partial charge in [-0.3, -0.25) is 25.2 Å². The number of nitrogens with one attached hydrogen (secondary N) is 3. The highest BCUT2D eigenvalue weighted by atomic mass is 16.7. The molecule has 8 nitrogen and oxygen atoms in total. The molecule has 27 heavy (non-hydrogen) atoms. The predicted octanol–water partition coefficient (Wildman–Crippen LogP) is 1.84. The Morgan fingerprint density at radius 3 is 2.30 bits per heavy atom. The maximum atomic E-state index is 12.3. The molecule has 0 spiro atoms. The summed E-state index contributed by atoms with van der Waals surface area (Å²) < 4.78 is 10.4. The Morgan fingerprint density at radius 2 is 1.56 bits per heavy atom. The van der Waals surface area contributed by atoms with Gasteiger partial charge in [-0.2, -0.15) is 0 Å². The molecule has 3 N–H and O–H groups in total. The van der Waals surface area contributed by atoms with Crippen molar-refractivity contribution in [1.82, 2.24) is 10.9 Å². The van der Waals surface area contributed by atoms with E-state index in [1.165, 1.54) is 6.07 Å². The summed E-state index contributed by atoms with van der Waals surface area (Å²) in [4.78, 5) is 36.3. The molecule has 0 atom stereocenters. The highest BCUT2D eigenvalue weighted by molar-refractivity contribution is 6.00. The first-order chi connectivity index (χ1) is 13.1. The van der Waals surface area contributed by atoms with Crippen molar-refractivity contribution in [2.75, 3.05) is 12.1 Å². The van der Waals surface area contributed by atoms with Crippen molar-refractivity contribution in [2.45, 2.75) is 12.8 Å². The normalized spacial score (nSPS) is 14.4. The first kappa shape index (κ1) is 16.9. The number of ether oxygens (including phenoxy) is 2. The van der Waals surface area contributed by atoms with Crippen LogP contribution in [0.4, 0.5) is 5.69 Å². The van der Waals surface area contributed by atoms with Gasteiger partial charge in [0.25, 0.3) is 11.8 Å².